The van der Waals surface area contributed by atoms with Gasteiger partial charge in [0.15, 0.2) is 15.5 Å². The van der Waals surface area contributed by atoms with Crippen LogP contribution in [-0.2, 0) is 26.2 Å². The molecule has 0 aliphatic heterocycles. The second-order valence-corrected chi connectivity index (χ2v) is 11.0. The zero-order valence-corrected chi connectivity index (χ0v) is 18.4. The highest BCUT2D eigenvalue weighted by Crippen LogP contribution is 2.27. The summed E-state index contributed by atoms with van der Waals surface area (Å²) in [7, 11) is -7.77. The molecule has 2 aromatic carbocycles. The Bertz CT molecular complexity index is 1530. The molecule has 0 atom stereocenters. The Kier molecular flexibility index (Phi) is 5.53. The molecule has 0 radical (unpaired) electrons. The zero-order chi connectivity index (χ0) is 22.9. The molecule has 0 fully saturated rings. The zero-order valence-electron chi connectivity index (χ0n) is 16.8. The summed E-state index contributed by atoms with van der Waals surface area (Å²) in [6.45, 7) is 0.169. The lowest BCUT2D eigenvalue weighted by Crippen LogP contribution is -2.22. The molecular weight excluding hydrogens is 452 g/mol. The Morgan fingerprint density at radius 3 is 2.34 bits per heavy atom. The van der Waals surface area contributed by atoms with Gasteiger partial charge in [0.1, 0.15) is 0 Å². The highest BCUT2D eigenvalue weighted by Gasteiger charge is 2.25. The summed E-state index contributed by atoms with van der Waals surface area (Å²) in [6, 6.07) is 13.0. The number of sulfone groups is 2. The minimum Gasteiger partial charge on any atom is -0.348 e. The number of rotatable bonds is 6. The number of pyridine rings is 1. The molecule has 32 heavy (non-hydrogen) atoms. The van der Waals surface area contributed by atoms with Crippen LogP contribution in [0.25, 0.3) is 11.0 Å². The predicted octanol–water partition coefficient (Wildman–Crippen LogP) is 2.12. The summed E-state index contributed by atoms with van der Waals surface area (Å²) >= 11 is 0. The number of amides is 1. The van der Waals surface area contributed by atoms with Crippen molar-refractivity contribution in [2.24, 2.45) is 0 Å². The van der Waals surface area contributed by atoms with Crippen molar-refractivity contribution in [3.63, 3.8) is 0 Å². The van der Waals surface area contributed by atoms with Gasteiger partial charge < -0.3 is 5.32 Å². The van der Waals surface area contributed by atoms with Crippen molar-refractivity contribution in [1.82, 2.24) is 20.5 Å². The number of hydrogen-bond donors (Lipinski definition) is 2. The number of fused-ring (bicyclic) bond motifs is 1. The Morgan fingerprint density at radius 2 is 1.66 bits per heavy atom. The third-order valence-corrected chi connectivity index (χ3v) is 7.89. The van der Waals surface area contributed by atoms with Crippen LogP contribution >= 0.6 is 0 Å². The van der Waals surface area contributed by atoms with Crippen molar-refractivity contribution in [2.75, 3.05) is 6.26 Å². The van der Waals surface area contributed by atoms with Gasteiger partial charge in [0.05, 0.1) is 26.4 Å². The number of carbonyl (C=O) groups excluding carboxylic acids is 1. The molecule has 164 valence electrons. The Hall–Kier alpha value is -3.57. The molecule has 2 N–H and O–H groups in total. The fraction of sp³-hybridized carbons (Fsp3) is 0.0952. The molecule has 11 heteroatoms. The topological polar surface area (TPSA) is 139 Å². The third kappa shape index (κ3) is 4.25. The van der Waals surface area contributed by atoms with Gasteiger partial charge in [-0.05, 0) is 35.9 Å². The Balaban J connectivity index is 1.51. The van der Waals surface area contributed by atoms with Gasteiger partial charge in [-0.25, -0.2) is 21.8 Å². The van der Waals surface area contributed by atoms with Crippen LogP contribution in [0.2, 0.25) is 0 Å². The molecule has 0 bridgehead atoms. The fourth-order valence-corrected chi connectivity index (χ4v) is 6.02. The number of carbonyl (C=O) groups is 1. The van der Waals surface area contributed by atoms with Crippen molar-refractivity contribution < 1.29 is 21.6 Å². The van der Waals surface area contributed by atoms with E-state index in [1.54, 1.807) is 24.4 Å². The average molecular weight is 471 g/mol. The van der Waals surface area contributed by atoms with Crippen LogP contribution in [0.15, 0.2) is 81.7 Å². The first-order valence-electron chi connectivity index (χ1n) is 9.37. The van der Waals surface area contributed by atoms with Crippen LogP contribution in [-0.4, -0.2) is 44.2 Å². The maximum Gasteiger partial charge on any atom is 0.253 e. The lowest BCUT2D eigenvalue weighted by molar-refractivity contribution is 0.0950. The van der Waals surface area contributed by atoms with E-state index in [-0.39, 0.29) is 27.1 Å². The molecule has 0 aliphatic carbocycles. The van der Waals surface area contributed by atoms with E-state index in [1.165, 1.54) is 42.6 Å². The van der Waals surface area contributed by atoms with E-state index < -0.39 is 19.7 Å². The van der Waals surface area contributed by atoms with Crippen molar-refractivity contribution in [3.8, 4) is 0 Å². The first-order chi connectivity index (χ1) is 15.2. The molecule has 4 rings (SSSR count). The minimum absolute atomic E-state index is 0.0433. The summed E-state index contributed by atoms with van der Waals surface area (Å²) in [5.41, 5.74) is 1.62. The van der Waals surface area contributed by atoms with Gasteiger partial charge in [-0.1, -0.05) is 24.3 Å². The highest BCUT2D eigenvalue weighted by molar-refractivity contribution is 7.94. The molecule has 1 amide bonds. The van der Waals surface area contributed by atoms with E-state index in [0.717, 1.165) is 6.26 Å². The number of benzene rings is 2. The number of H-pyrrole nitrogens is 1. The Morgan fingerprint density at radius 1 is 0.969 bits per heavy atom. The van der Waals surface area contributed by atoms with E-state index in [0.29, 0.717) is 22.2 Å². The molecule has 2 aromatic heterocycles. The van der Waals surface area contributed by atoms with Crippen LogP contribution in [0, 0.1) is 0 Å². The maximum absolute atomic E-state index is 13.0. The largest absolute Gasteiger partial charge is 0.348 e. The van der Waals surface area contributed by atoms with E-state index >= 15 is 0 Å². The minimum atomic E-state index is -4.04. The number of nitrogens with one attached hydrogen (secondary N) is 2. The van der Waals surface area contributed by atoms with E-state index in [1.807, 2.05) is 0 Å². The van der Waals surface area contributed by atoms with E-state index in [2.05, 4.69) is 20.5 Å². The maximum atomic E-state index is 13.0. The van der Waals surface area contributed by atoms with Crippen LogP contribution in [0.4, 0.5) is 0 Å². The first kappa shape index (κ1) is 21.7. The van der Waals surface area contributed by atoms with Gasteiger partial charge in [0.25, 0.3) is 5.91 Å². The summed E-state index contributed by atoms with van der Waals surface area (Å²) in [5.74, 6) is -0.334. The van der Waals surface area contributed by atoms with Gasteiger partial charge >= 0.3 is 0 Å². The summed E-state index contributed by atoms with van der Waals surface area (Å²) in [6.07, 6.45) is 3.97. The molecule has 9 nitrogen and oxygen atoms in total. The normalized spacial score (nSPS) is 12.0. The summed E-state index contributed by atoms with van der Waals surface area (Å²) < 4.78 is 50.0. The fourth-order valence-electron chi connectivity index (χ4n) is 3.14. The van der Waals surface area contributed by atoms with Crippen LogP contribution < -0.4 is 5.32 Å². The smallest absolute Gasteiger partial charge is 0.253 e. The van der Waals surface area contributed by atoms with Gasteiger partial charge in [-0.3, -0.25) is 9.89 Å². The van der Waals surface area contributed by atoms with Crippen molar-refractivity contribution in [1.29, 1.82) is 0 Å². The summed E-state index contributed by atoms with van der Waals surface area (Å²) in [5, 5.41) is 10.0. The Labute approximate surface area is 184 Å². The van der Waals surface area contributed by atoms with Crippen LogP contribution in [0.5, 0.6) is 0 Å². The number of aromatic amines is 1. The molecule has 0 unspecified atom stereocenters. The van der Waals surface area contributed by atoms with E-state index in [4.69, 9.17) is 0 Å². The highest BCUT2D eigenvalue weighted by atomic mass is 32.2. The van der Waals surface area contributed by atoms with Crippen LogP contribution in [0.3, 0.4) is 0 Å². The molecule has 0 saturated heterocycles. The van der Waals surface area contributed by atoms with E-state index in [9.17, 15) is 21.6 Å². The predicted molar refractivity (Wildman–Crippen MR) is 117 cm³/mol. The van der Waals surface area contributed by atoms with Gasteiger partial charge in [-0.2, -0.15) is 5.10 Å². The second kappa shape index (κ2) is 8.17. The average Bonchev–Trinajstić information content (AvgIpc) is 3.25. The monoisotopic (exact) mass is 470 g/mol. The van der Waals surface area contributed by atoms with Crippen molar-refractivity contribution >= 4 is 36.6 Å². The molecule has 0 spiro atoms. The van der Waals surface area contributed by atoms with Crippen molar-refractivity contribution in [3.05, 3.63) is 78.1 Å². The van der Waals surface area contributed by atoms with Gasteiger partial charge in [-0.15, -0.1) is 0 Å². The number of aromatic nitrogens is 3. The van der Waals surface area contributed by atoms with Gasteiger partial charge in [0.2, 0.25) is 9.84 Å². The molecule has 0 aliphatic rings. The third-order valence-electron chi connectivity index (χ3n) is 4.78. The number of nitrogens with zero attached hydrogens (tertiary/aromatic N) is 2. The first-order valence-corrected chi connectivity index (χ1v) is 12.7. The molecule has 4 aromatic rings. The van der Waals surface area contributed by atoms with Crippen molar-refractivity contribution in [2.45, 2.75) is 21.2 Å². The van der Waals surface area contributed by atoms with Crippen LogP contribution in [0.1, 0.15) is 15.9 Å². The lowest BCUT2D eigenvalue weighted by atomic mass is 10.2. The molecule has 2 heterocycles. The SMILES string of the molecule is CS(=O)(=O)c1ccccc1S(=O)(=O)c1ccc(CNC(=O)c2cnc3[nH]ncc3c2)cc1. The standard InChI is InChI=1S/C21H18N4O5S2/c1-31(27,28)18-4-2-3-5-19(18)32(29,30)17-8-6-14(7-9-17)11-23-21(26)16-10-15-13-24-25-20(15)22-12-16/h2-10,12-13H,11H2,1H3,(H,23,26)(H,22,24,25). The number of hydrogen-bond acceptors (Lipinski definition) is 7. The van der Waals surface area contributed by atoms with Gasteiger partial charge in [0, 0.05) is 24.4 Å². The summed E-state index contributed by atoms with van der Waals surface area (Å²) in [4.78, 5) is 15.9. The molecular formula is C21H18N4O5S2. The molecule has 0 saturated carbocycles. The quantitative estimate of drug-likeness (QED) is 0.440. The second-order valence-electron chi connectivity index (χ2n) is 7.08. The lowest BCUT2D eigenvalue weighted by Gasteiger charge is -2.10.